The number of hydrogen-bond acceptors (Lipinski definition) is 5. The van der Waals surface area contributed by atoms with Crippen molar-refractivity contribution in [1.29, 1.82) is 0 Å². The number of phenols is 1. The average molecular weight is 432 g/mol. The number of ether oxygens (including phenoxy) is 1. The molecule has 2 aromatic carbocycles. The van der Waals surface area contributed by atoms with Crippen LogP contribution in [0.1, 0.15) is 20.8 Å². The summed E-state index contributed by atoms with van der Waals surface area (Å²) < 4.78 is 68.5. The first-order valence-corrected chi connectivity index (χ1v) is 9.69. The van der Waals surface area contributed by atoms with Crippen LogP contribution in [0.2, 0.25) is 0 Å². The van der Waals surface area contributed by atoms with Crippen molar-refractivity contribution in [3.63, 3.8) is 0 Å². The number of nitrogens with one attached hydrogen (secondary N) is 2. The van der Waals surface area contributed by atoms with Crippen molar-refractivity contribution in [2.24, 2.45) is 5.41 Å². The van der Waals surface area contributed by atoms with E-state index in [0.717, 1.165) is 6.07 Å². The summed E-state index contributed by atoms with van der Waals surface area (Å²) in [5, 5.41) is 12.1. The zero-order chi connectivity index (χ0) is 22.0. The molecule has 2 rings (SSSR count). The predicted octanol–water partition coefficient (Wildman–Crippen LogP) is 4.08. The van der Waals surface area contributed by atoms with E-state index >= 15 is 0 Å². The monoisotopic (exact) mass is 432 g/mol. The lowest BCUT2D eigenvalue weighted by molar-refractivity contribution is -0.275. The van der Waals surface area contributed by atoms with Gasteiger partial charge < -0.3 is 15.2 Å². The van der Waals surface area contributed by atoms with Gasteiger partial charge in [-0.1, -0.05) is 20.8 Å². The second kappa shape index (κ2) is 7.82. The van der Waals surface area contributed by atoms with Crippen molar-refractivity contribution in [2.45, 2.75) is 32.0 Å². The highest BCUT2D eigenvalue weighted by Crippen LogP contribution is 2.33. The maximum absolute atomic E-state index is 12.5. The lowest BCUT2D eigenvalue weighted by atomic mass is 9.95. The van der Waals surface area contributed by atoms with Gasteiger partial charge in [-0.05, 0) is 36.4 Å². The molecule has 0 fully saturated rings. The molecular weight excluding hydrogens is 413 g/mol. The van der Waals surface area contributed by atoms with E-state index in [4.69, 9.17) is 0 Å². The van der Waals surface area contributed by atoms with Crippen LogP contribution in [0, 0.1) is 5.41 Å². The van der Waals surface area contributed by atoms with Gasteiger partial charge in [-0.25, -0.2) is 8.42 Å². The number of alkyl halides is 3. The van der Waals surface area contributed by atoms with E-state index in [2.05, 4.69) is 14.8 Å². The van der Waals surface area contributed by atoms with E-state index < -0.39 is 38.2 Å². The number of sulfonamides is 1. The molecule has 0 aliphatic heterocycles. The third kappa shape index (κ3) is 6.28. The highest BCUT2D eigenvalue weighted by atomic mass is 32.2. The summed E-state index contributed by atoms with van der Waals surface area (Å²) in [6.45, 7) is 5.17. The number of anilines is 2. The fourth-order valence-corrected chi connectivity index (χ4v) is 3.27. The first-order chi connectivity index (χ1) is 13.2. The first-order valence-electron chi connectivity index (χ1n) is 8.20. The van der Waals surface area contributed by atoms with Crippen LogP contribution in [0.15, 0.2) is 47.4 Å². The molecule has 0 saturated heterocycles. The third-order valence-corrected chi connectivity index (χ3v) is 4.92. The smallest absolute Gasteiger partial charge is 0.508 e. The van der Waals surface area contributed by atoms with Crippen LogP contribution >= 0.6 is 0 Å². The SMILES string of the molecule is CC(C)(C)C(=O)Nc1ccc(NS(=O)(=O)c2cc(O)ccc2OC(F)(F)F)cc1. The van der Waals surface area contributed by atoms with Crippen molar-refractivity contribution in [1.82, 2.24) is 0 Å². The van der Waals surface area contributed by atoms with E-state index in [9.17, 15) is 31.5 Å². The molecule has 0 atom stereocenters. The van der Waals surface area contributed by atoms with E-state index in [1.54, 1.807) is 20.8 Å². The van der Waals surface area contributed by atoms with Crippen LogP contribution < -0.4 is 14.8 Å². The zero-order valence-electron chi connectivity index (χ0n) is 15.7. The second-order valence-electron chi connectivity index (χ2n) is 7.07. The Hall–Kier alpha value is -2.95. The van der Waals surface area contributed by atoms with Gasteiger partial charge in [0.15, 0.2) is 0 Å². The molecule has 3 N–H and O–H groups in total. The zero-order valence-corrected chi connectivity index (χ0v) is 16.5. The summed E-state index contributed by atoms with van der Waals surface area (Å²) in [5.74, 6) is -1.79. The number of hydrogen-bond donors (Lipinski definition) is 3. The molecule has 158 valence electrons. The molecule has 0 radical (unpaired) electrons. The van der Waals surface area contributed by atoms with E-state index in [0.29, 0.717) is 17.8 Å². The molecule has 0 unspecified atom stereocenters. The summed E-state index contributed by atoms with van der Waals surface area (Å²) in [5.41, 5.74) is -0.198. The third-order valence-electron chi connectivity index (χ3n) is 3.52. The number of halogens is 3. The Kier molecular flexibility index (Phi) is 6.02. The van der Waals surface area contributed by atoms with Gasteiger partial charge in [0.1, 0.15) is 16.4 Å². The summed E-state index contributed by atoms with van der Waals surface area (Å²) in [6, 6.07) is 7.70. The predicted molar refractivity (Wildman–Crippen MR) is 100 cm³/mol. The van der Waals surface area contributed by atoms with E-state index in [-0.39, 0.29) is 11.6 Å². The molecule has 2 aromatic rings. The van der Waals surface area contributed by atoms with E-state index in [1.165, 1.54) is 24.3 Å². The number of carbonyl (C=O) groups excluding carboxylic acids is 1. The topological polar surface area (TPSA) is 105 Å². The Labute approximate surface area is 165 Å². The van der Waals surface area contributed by atoms with Crippen LogP contribution in [-0.4, -0.2) is 25.8 Å². The number of carbonyl (C=O) groups is 1. The Morgan fingerprint density at radius 1 is 1.00 bits per heavy atom. The number of rotatable bonds is 5. The molecule has 0 spiro atoms. The molecule has 0 saturated carbocycles. The molecular formula is C18H19F3N2O5S. The van der Waals surface area contributed by atoms with E-state index in [1.807, 2.05) is 0 Å². The molecule has 0 aliphatic rings. The maximum atomic E-state index is 12.5. The van der Waals surface area contributed by atoms with Crippen LogP contribution in [0.25, 0.3) is 0 Å². The van der Waals surface area contributed by atoms with Gasteiger partial charge in [0.2, 0.25) is 5.91 Å². The number of benzene rings is 2. The Balaban J connectivity index is 2.26. The second-order valence-corrected chi connectivity index (χ2v) is 8.72. The summed E-state index contributed by atoms with van der Waals surface area (Å²) in [6.07, 6.45) is -5.12. The van der Waals surface area contributed by atoms with Crippen molar-refractivity contribution in [2.75, 3.05) is 10.0 Å². The van der Waals surface area contributed by atoms with Gasteiger partial charge in [0, 0.05) is 22.9 Å². The number of amides is 1. The normalized spacial score (nSPS) is 12.3. The largest absolute Gasteiger partial charge is 0.573 e. The minimum Gasteiger partial charge on any atom is -0.508 e. The molecule has 0 bridgehead atoms. The van der Waals surface area contributed by atoms with Crippen LogP contribution in [0.5, 0.6) is 11.5 Å². The fraction of sp³-hybridized carbons (Fsp3) is 0.278. The van der Waals surface area contributed by atoms with Crippen LogP contribution in [0.4, 0.5) is 24.5 Å². The maximum Gasteiger partial charge on any atom is 0.573 e. The molecule has 1 amide bonds. The van der Waals surface area contributed by atoms with Crippen molar-refractivity contribution in [3.8, 4) is 11.5 Å². The highest BCUT2D eigenvalue weighted by Gasteiger charge is 2.34. The lowest BCUT2D eigenvalue weighted by Crippen LogP contribution is -2.27. The minimum atomic E-state index is -5.12. The van der Waals surface area contributed by atoms with Crippen LogP contribution in [-0.2, 0) is 14.8 Å². The van der Waals surface area contributed by atoms with Gasteiger partial charge in [-0.15, -0.1) is 13.2 Å². The van der Waals surface area contributed by atoms with Gasteiger partial charge in [0.25, 0.3) is 10.0 Å². The number of aromatic hydroxyl groups is 1. The first kappa shape index (κ1) is 22.3. The van der Waals surface area contributed by atoms with Crippen molar-refractivity contribution in [3.05, 3.63) is 42.5 Å². The molecule has 7 nitrogen and oxygen atoms in total. The molecule has 0 aromatic heterocycles. The molecule has 0 aliphatic carbocycles. The highest BCUT2D eigenvalue weighted by molar-refractivity contribution is 7.92. The standard InChI is InChI=1S/C18H19F3N2O5S/c1-17(2,3)16(25)22-11-4-6-12(7-5-11)23-29(26,27)15-10-13(24)8-9-14(15)28-18(19,20)21/h4-10,23-24H,1-3H3,(H,22,25). The van der Waals surface area contributed by atoms with Gasteiger partial charge in [-0.3, -0.25) is 9.52 Å². The Morgan fingerprint density at radius 2 is 1.55 bits per heavy atom. The molecule has 29 heavy (non-hydrogen) atoms. The lowest BCUT2D eigenvalue weighted by Gasteiger charge is -2.18. The van der Waals surface area contributed by atoms with Crippen molar-refractivity contribution < 1.29 is 36.2 Å². The Morgan fingerprint density at radius 3 is 2.07 bits per heavy atom. The minimum absolute atomic E-state index is 0.0278. The van der Waals surface area contributed by atoms with Crippen LogP contribution in [0.3, 0.4) is 0 Å². The quantitative estimate of drug-likeness (QED) is 0.661. The molecule has 11 heteroatoms. The number of phenolic OH excluding ortho intramolecular Hbond substituents is 1. The van der Waals surface area contributed by atoms with Gasteiger partial charge >= 0.3 is 6.36 Å². The summed E-state index contributed by atoms with van der Waals surface area (Å²) in [7, 11) is -4.52. The average Bonchev–Trinajstić information content (AvgIpc) is 2.56. The molecule has 0 heterocycles. The van der Waals surface area contributed by atoms with Crippen molar-refractivity contribution >= 4 is 27.3 Å². The van der Waals surface area contributed by atoms with Gasteiger partial charge in [-0.2, -0.15) is 0 Å². The van der Waals surface area contributed by atoms with Gasteiger partial charge in [0.05, 0.1) is 0 Å². The summed E-state index contributed by atoms with van der Waals surface area (Å²) >= 11 is 0. The fourth-order valence-electron chi connectivity index (χ4n) is 2.07. The summed E-state index contributed by atoms with van der Waals surface area (Å²) in [4.78, 5) is 11.1. The Bertz CT molecular complexity index is 998.